The molecule has 0 unspecified atom stereocenters. The fourth-order valence-electron chi connectivity index (χ4n) is 2.36. The highest BCUT2D eigenvalue weighted by Crippen LogP contribution is 2.22. The summed E-state index contributed by atoms with van der Waals surface area (Å²) in [7, 11) is 1.90. The number of anilines is 1. The first-order valence-corrected chi connectivity index (χ1v) is 7.34. The van der Waals surface area contributed by atoms with E-state index in [9.17, 15) is 0 Å². The lowest BCUT2D eigenvalue weighted by molar-refractivity contribution is 0.748. The molecule has 0 saturated heterocycles. The van der Waals surface area contributed by atoms with Crippen LogP contribution < -0.4 is 5.32 Å². The Labute approximate surface area is 120 Å². The van der Waals surface area contributed by atoms with Gasteiger partial charge in [-0.15, -0.1) is 0 Å². The fourth-order valence-corrected chi connectivity index (χ4v) is 2.36. The minimum absolute atomic E-state index is 0.896. The van der Waals surface area contributed by atoms with Gasteiger partial charge in [0.25, 0.3) is 0 Å². The molecule has 0 radical (unpaired) electrons. The van der Waals surface area contributed by atoms with Crippen LogP contribution in [0, 0.1) is 0 Å². The van der Waals surface area contributed by atoms with Crippen LogP contribution in [0.2, 0.25) is 0 Å². The van der Waals surface area contributed by atoms with Gasteiger partial charge in [-0.3, -0.25) is 0 Å². The largest absolute Gasteiger partial charge is 0.373 e. The SMILES string of the molecule is CCCc1c(NC)ncnc1-n1nc(CC)cc1CC. The van der Waals surface area contributed by atoms with Crippen LogP contribution in [0.4, 0.5) is 5.82 Å². The second kappa shape index (κ2) is 6.50. The van der Waals surface area contributed by atoms with Gasteiger partial charge in [0.15, 0.2) is 5.82 Å². The van der Waals surface area contributed by atoms with Crippen molar-refractivity contribution in [3.8, 4) is 5.82 Å². The van der Waals surface area contributed by atoms with Crippen molar-refractivity contribution in [3.05, 3.63) is 29.3 Å². The lowest BCUT2D eigenvalue weighted by Gasteiger charge is -2.13. The molecular formula is C15H23N5. The molecule has 5 nitrogen and oxygen atoms in total. The maximum absolute atomic E-state index is 4.69. The smallest absolute Gasteiger partial charge is 0.162 e. The average molecular weight is 273 g/mol. The van der Waals surface area contributed by atoms with E-state index in [2.05, 4.69) is 47.2 Å². The molecule has 0 bridgehead atoms. The Hall–Kier alpha value is -1.91. The molecule has 0 aromatic carbocycles. The van der Waals surface area contributed by atoms with Crippen molar-refractivity contribution >= 4 is 5.82 Å². The van der Waals surface area contributed by atoms with E-state index in [1.165, 1.54) is 5.69 Å². The fraction of sp³-hybridized carbons (Fsp3) is 0.533. The highest BCUT2D eigenvalue weighted by atomic mass is 15.3. The molecule has 2 aromatic rings. The molecule has 2 aromatic heterocycles. The molecule has 108 valence electrons. The molecule has 0 saturated carbocycles. The Balaban J connectivity index is 2.59. The first kappa shape index (κ1) is 14.5. The van der Waals surface area contributed by atoms with Crippen molar-refractivity contribution in [2.45, 2.75) is 46.5 Å². The van der Waals surface area contributed by atoms with Crippen molar-refractivity contribution in [1.82, 2.24) is 19.7 Å². The molecular weight excluding hydrogens is 250 g/mol. The zero-order valence-corrected chi connectivity index (χ0v) is 12.8. The van der Waals surface area contributed by atoms with Crippen molar-refractivity contribution in [2.75, 3.05) is 12.4 Å². The normalized spacial score (nSPS) is 10.8. The number of hydrogen-bond acceptors (Lipinski definition) is 4. The number of rotatable bonds is 6. The predicted octanol–water partition coefficient (Wildman–Crippen LogP) is 2.78. The maximum Gasteiger partial charge on any atom is 0.162 e. The third-order valence-electron chi connectivity index (χ3n) is 3.42. The van der Waals surface area contributed by atoms with Crippen LogP contribution in [-0.4, -0.2) is 26.8 Å². The van der Waals surface area contributed by atoms with Gasteiger partial charge < -0.3 is 5.32 Å². The van der Waals surface area contributed by atoms with E-state index in [1.54, 1.807) is 6.33 Å². The topological polar surface area (TPSA) is 55.6 Å². The number of aryl methyl sites for hydroxylation is 2. The summed E-state index contributed by atoms with van der Waals surface area (Å²) in [5.74, 6) is 1.80. The van der Waals surface area contributed by atoms with Crippen molar-refractivity contribution in [1.29, 1.82) is 0 Å². The monoisotopic (exact) mass is 273 g/mol. The molecule has 0 spiro atoms. The first-order valence-electron chi connectivity index (χ1n) is 7.34. The molecule has 0 amide bonds. The van der Waals surface area contributed by atoms with Crippen LogP contribution >= 0.6 is 0 Å². The standard InChI is InChI=1S/C15H23N5/c1-5-8-13-14(16-4)17-10-18-15(13)20-12(7-3)9-11(6-2)19-20/h9-10H,5-8H2,1-4H3,(H,16,17,18). The second-order valence-electron chi connectivity index (χ2n) is 4.77. The molecule has 0 fully saturated rings. The molecule has 20 heavy (non-hydrogen) atoms. The molecule has 0 aliphatic rings. The lowest BCUT2D eigenvalue weighted by Crippen LogP contribution is -2.11. The third-order valence-corrected chi connectivity index (χ3v) is 3.42. The Morgan fingerprint density at radius 1 is 1.15 bits per heavy atom. The van der Waals surface area contributed by atoms with Gasteiger partial charge in [0.2, 0.25) is 0 Å². The van der Waals surface area contributed by atoms with Crippen LogP contribution in [0.15, 0.2) is 12.4 Å². The Bertz CT molecular complexity index is 574. The lowest BCUT2D eigenvalue weighted by atomic mass is 10.1. The summed E-state index contributed by atoms with van der Waals surface area (Å²) in [5.41, 5.74) is 3.44. The number of hydrogen-bond donors (Lipinski definition) is 1. The Morgan fingerprint density at radius 2 is 1.95 bits per heavy atom. The summed E-state index contributed by atoms with van der Waals surface area (Å²) >= 11 is 0. The van der Waals surface area contributed by atoms with Crippen LogP contribution in [-0.2, 0) is 19.3 Å². The van der Waals surface area contributed by atoms with E-state index in [1.807, 2.05) is 11.7 Å². The summed E-state index contributed by atoms with van der Waals surface area (Å²) in [6, 6.07) is 2.16. The minimum Gasteiger partial charge on any atom is -0.373 e. The quantitative estimate of drug-likeness (QED) is 0.879. The van der Waals surface area contributed by atoms with Gasteiger partial charge in [0, 0.05) is 18.3 Å². The molecule has 0 aliphatic heterocycles. The third kappa shape index (κ3) is 2.66. The van der Waals surface area contributed by atoms with Gasteiger partial charge in [-0.2, -0.15) is 5.10 Å². The summed E-state index contributed by atoms with van der Waals surface area (Å²) in [5, 5.41) is 7.84. The van der Waals surface area contributed by atoms with Crippen molar-refractivity contribution in [3.63, 3.8) is 0 Å². The zero-order valence-electron chi connectivity index (χ0n) is 12.8. The van der Waals surface area contributed by atoms with Crippen LogP contribution in [0.1, 0.15) is 44.1 Å². The average Bonchev–Trinajstić information content (AvgIpc) is 2.91. The molecule has 0 aliphatic carbocycles. The van der Waals surface area contributed by atoms with E-state index >= 15 is 0 Å². The van der Waals surface area contributed by atoms with Gasteiger partial charge >= 0.3 is 0 Å². The predicted molar refractivity (Wildman–Crippen MR) is 81.5 cm³/mol. The minimum atomic E-state index is 0.896. The highest BCUT2D eigenvalue weighted by Gasteiger charge is 2.15. The van der Waals surface area contributed by atoms with E-state index < -0.39 is 0 Å². The number of nitrogens with zero attached hydrogens (tertiary/aromatic N) is 4. The second-order valence-corrected chi connectivity index (χ2v) is 4.77. The van der Waals surface area contributed by atoms with E-state index in [-0.39, 0.29) is 0 Å². The van der Waals surface area contributed by atoms with E-state index in [0.29, 0.717) is 0 Å². The maximum atomic E-state index is 4.69. The van der Waals surface area contributed by atoms with Crippen LogP contribution in [0.3, 0.4) is 0 Å². The van der Waals surface area contributed by atoms with E-state index in [4.69, 9.17) is 0 Å². The summed E-state index contributed by atoms with van der Waals surface area (Å²) in [6.45, 7) is 6.43. The van der Waals surface area contributed by atoms with Gasteiger partial charge in [-0.1, -0.05) is 27.2 Å². The summed E-state index contributed by atoms with van der Waals surface area (Å²) in [6.07, 6.45) is 5.48. The molecule has 2 heterocycles. The van der Waals surface area contributed by atoms with Gasteiger partial charge in [-0.05, 0) is 25.3 Å². The molecule has 5 heteroatoms. The van der Waals surface area contributed by atoms with Gasteiger partial charge in [-0.25, -0.2) is 14.6 Å². The Morgan fingerprint density at radius 3 is 2.55 bits per heavy atom. The molecule has 0 atom stereocenters. The highest BCUT2D eigenvalue weighted by molar-refractivity contribution is 5.51. The van der Waals surface area contributed by atoms with Gasteiger partial charge in [0.1, 0.15) is 12.1 Å². The number of aromatic nitrogens is 4. The molecule has 1 N–H and O–H groups in total. The summed E-state index contributed by atoms with van der Waals surface area (Å²) < 4.78 is 1.98. The van der Waals surface area contributed by atoms with Crippen molar-refractivity contribution in [2.24, 2.45) is 0 Å². The first-order chi connectivity index (χ1) is 9.74. The Kier molecular flexibility index (Phi) is 4.71. The van der Waals surface area contributed by atoms with Crippen molar-refractivity contribution < 1.29 is 0 Å². The van der Waals surface area contributed by atoms with Crippen LogP contribution in [0.25, 0.3) is 5.82 Å². The number of nitrogens with one attached hydrogen (secondary N) is 1. The van der Waals surface area contributed by atoms with E-state index in [0.717, 1.165) is 48.6 Å². The van der Waals surface area contributed by atoms with Crippen LogP contribution in [0.5, 0.6) is 0 Å². The zero-order chi connectivity index (χ0) is 14.5. The summed E-state index contributed by atoms with van der Waals surface area (Å²) in [4.78, 5) is 8.80. The van der Waals surface area contributed by atoms with Gasteiger partial charge in [0.05, 0.1) is 5.69 Å². The molecule has 2 rings (SSSR count).